The molecular weight excluding hydrogens is 332 g/mol. The fraction of sp³-hybridized carbons (Fsp3) is 0.375. The van der Waals surface area contributed by atoms with Crippen molar-refractivity contribution in [1.82, 2.24) is 14.8 Å². The topological polar surface area (TPSA) is 86.1 Å². The second-order valence-electron chi connectivity index (χ2n) is 5.54. The molecule has 8 heteroatoms. The van der Waals surface area contributed by atoms with E-state index >= 15 is 0 Å². The first-order valence-electron chi connectivity index (χ1n) is 7.31. The van der Waals surface area contributed by atoms with Crippen LogP contribution >= 0.6 is 11.6 Å². The highest BCUT2D eigenvalue weighted by Gasteiger charge is 2.19. The van der Waals surface area contributed by atoms with Crippen LogP contribution in [0.1, 0.15) is 33.0 Å². The molecule has 0 radical (unpaired) electrons. The van der Waals surface area contributed by atoms with Gasteiger partial charge in [0.05, 0.1) is 22.6 Å². The van der Waals surface area contributed by atoms with Gasteiger partial charge in [0.2, 0.25) is 0 Å². The summed E-state index contributed by atoms with van der Waals surface area (Å²) in [6.45, 7) is 6.72. The fourth-order valence-corrected chi connectivity index (χ4v) is 2.73. The predicted octanol–water partition coefficient (Wildman–Crippen LogP) is 2.50. The van der Waals surface area contributed by atoms with Gasteiger partial charge in [-0.15, -0.1) is 0 Å². The van der Waals surface area contributed by atoms with E-state index in [1.54, 1.807) is 38.6 Å². The largest absolute Gasteiger partial charge is 0.452 e. The number of aryl methyl sites for hydroxylation is 4. The highest BCUT2D eigenvalue weighted by Crippen LogP contribution is 2.20. The summed E-state index contributed by atoms with van der Waals surface area (Å²) in [6, 6.07) is 1.73. The quantitative estimate of drug-likeness (QED) is 0.676. The molecule has 0 aliphatic carbocycles. The first kappa shape index (κ1) is 17.9. The Hall–Kier alpha value is -2.41. The summed E-state index contributed by atoms with van der Waals surface area (Å²) in [7, 11) is 1.78. The number of esters is 1. The Balaban J connectivity index is 2.03. The van der Waals surface area contributed by atoms with Crippen LogP contribution in [0.5, 0.6) is 0 Å². The number of halogens is 1. The lowest BCUT2D eigenvalue weighted by Crippen LogP contribution is -2.22. The molecule has 128 valence electrons. The van der Waals surface area contributed by atoms with Crippen LogP contribution in [0.4, 0.5) is 5.69 Å². The van der Waals surface area contributed by atoms with Crippen molar-refractivity contribution in [1.29, 1.82) is 0 Å². The number of carbonyl (C=O) groups is 2. The van der Waals surface area contributed by atoms with Gasteiger partial charge in [-0.3, -0.25) is 9.48 Å². The molecule has 1 amide bonds. The number of amides is 1. The van der Waals surface area contributed by atoms with Gasteiger partial charge in [0, 0.05) is 12.7 Å². The molecule has 0 saturated carbocycles. The van der Waals surface area contributed by atoms with Crippen molar-refractivity contribution in [3.05, 3.63) is 39.4 Å². The van der Waals surface area contributed by atoms with Crippen LogP contribution in [0.3, 0.4) is 0 Å². The molecule has 0 bridgehead atoms. The van der Waals surface area contributed by atoms with E-state index in [-0.39, 0.29) is 10.7 Å². The van der Waals surface area contributed by atoms with E-state index in [1.165, 1.54) is 0 Å². The third-order valence-corrected chi connectivity index (χ3v) is 3.89. The maximum Gasteiger partial charge on any atom is 0.342 e. The highest BCUT2D eigenvalue weighted by atomic mass is 35.5. The molecule has 2 rings (SSSR count). The number of ether oxygens (including phenoxy) is 1. The SMILES string of the molecule is Cc1cc(C)c(C(=O)OCC(=O)Nc2c(C)nn(C)c2C)c(Cl)n1. The Morgan fingerprint density at radius 1 is 1.29 bits per heavy atom. The zero-order valence-electron chi connectivity index (χ0n) is 14.2. The minimum absolute atomic E-state index is 0.0665. The van der Waals surface area contributed by atoms with E-state index in [4.69, 9.17) is 16.3 Å². The Bertz CT molecular complexity index is 791. The molecule has 0 saturated heterocycles. The lowest BCUT2D eigenvalue weighted by atomic mass is 10.1. The normalized spacial score (nSPS) is 10.6. The summed E-state index contributed by atoms with van der Waals surface area (Å²) in [5, 5.41) is 6.97. The molecule has 0 unspecified atom stereocenters. The van der Waals surface area contributed by atoms with Crippen LogP contribution in [0.2, 0.25) is 5.15 Å². The maximum absolute atomic E-state index is 12.1. The molecule has 0 aromatic carbocycles. The average Bonchev–Trinajstić information content (AvgIpc) is 2.70. The molecule has 2 aromatic heterocycles. The third kappa shape index (κ3) is 3.73. The van der Waals surface area contributed by atoms with Gasteiger partial charge in [0.15, 0.2) is 6.61 Å². The zero-order chi connectivity index (χ0) is 18.0. The molecule has 0 atom stereocenters. The number of rotatable bonds is 4. The summed E-state index contributed by atoms with van der Waals surface area (Å²) in [6.07, 6.45) is 0. The third-order valence-electron chi connectivity index (χ3n) is 3.61. The van der Waals surface area contributed by atoms with Crippen LogP contribution in [-0.2, 0) is 16.6 Å². The van der Waals surface area contributed by atoms with Crippen molar-refractivity contribution in [3.8, 4) is 0 Å². The molecule has 0 spiro atoms. The number of hydrogen-bond acceptors (Lipinski definition) is 5. The second-order valence-corrected chi connectivity index (χ2v) is 5.90. The van der Waals surface area contributed by atoms with Gasteiger partial charge >= 0.3 is 5.97 Å². The van der Waals surface area contributed by atoms with E-state index in [0.29, 0.717) is 22.6 Å². The van der Waals surface area contributed by atoms with Gasteiger partial charge in [-0.05, 0) is 39.3 Å². The molecule has 0 aliphatic rings. The standard InChI is InChI=1S/C16H19ClN4O3/c1-8-6-9(2)18-15(17)13(8)16(23)24-7-12(22)19-14-10(3)20-21(5)11(14)4/h6H,7H2,1-5H3,(H,19,22). The Morgan fingerprint density at radius 3 is 2.50 bits per heavy atom. The Labute approximate surface area is 145 Å². The molecule has 2 heterocycles. The first-order valence-corrected chi connectivity index (χ1v) is 7.69. The summed E-state index contributed by atoms with van der Waals surface area (Å²) in [4.78, 5) is 28.2. The number of nitrogens with one attached hydrogen (secondary N) is 1. The van der Waals surface area contributed by atoms with Crippen LogP contribution in [-0.4, -0.2) is 33.2 Å². The van der Waals surface area contributed by atoms with Crippen LogP contribution in [0, 0.1) is 27.7 Å². The van der Waals surface area contributed by atoms with Gasteiger partial charge in [-0.2, -0.15) is 5.10 Å². The van der Waals surface area contributed by atoms with E-state index in [0.717, 1.165) is 5.69 Å². The lowest BCUT2D eigenvalue weighted by Gasteiger charge is -2.10. The van der Waals surface area contributed by atoms with Crippen molar-refractivity contribution >= 4 is 29.2 Å². The molecule has 1 N–H and O–H groups in total. The monoisotopic (exact) mass is 350 g/mol. The summed E-state index contributed by atoms with van der Waals surface area (Å²) in [5.74, 6) is -1.13. The summed E-state index contributed by atoms with van der Waals surface area (Å²) in [5.41, 5.74) is 3.64. The van der Waals surface area contributed by atoms with Crippen molar-refractivity contribution in [2.45, 2.75) is 27.7 Å². The molecule has 7 nitrogen and oxygen atoms in total. The van der Waals surface area contributed by atoms with E-state index < -0.39 is 18.5 Å². The smallest absolute Gasteiger partial charge is 0.342 e. The van der Waals surface area contributed by atoms with E-state index in [9.17, 15) is 9.59 Å². The van der Waals surface area contributed by atoms with Crippen LogP contribution < -0.4 is 5.32 Å². The highest BCUT2D eigenvalue weighted by molar-refractivity contribution is 6.32. The molecule has 0 aliphatic heterocycles. The summed E-state index contributed by atoms with van der Waals surface area (Å²) < 4.78 is 6.71. The minimum Gasteiger partial charge on any atom is -0.452 e. The number of pyridine rings is 1. The minimum atomic E-state index is -0.681. The van der Waals surface area contributed by atoms with Gasteiger partial charge < -0.3 is 10.1 Å². The van der Waals surface area contributed by atoms with Crippen molar-refractivity contribution in [2.75, 3.05) is 11.9 Å². The van der Waals surface area contributed by atoms with E-state index in [2.05, 4.69) is 15.4 Å². The van der Waals surface area contributed by atoms with Crippen LogP contribution in [0.15, 0.2) is 6.07 Å². The number of aromatic nitrogens is 3. The summed E-state index contributed by atoms with van der Waals surface area (Å²) >= 11 is 6.00. The van der Waals surface area contributed by atoms with Crippen molar-refractivity contribution in [3.63, 3.8) is 0 Å². The van der Waals surface area contributed by atoms with Gasteiger partial charge in [0.25, 0.3) is 5.91 Å². The number of nitrogens with zero attached hydrogens (tertiary/aromatic N) is 3. The Morgan fingerprint density at radius 2 is 1.96 bits per heavy atom. The first-order chi connectivity index (χ1) is 11.2. The fourth-order valence-electron chi connectivity index (χ4n) is 2.37. The Kier molecular flexibility index (Phi) is 5.23. The van der Waals surface area contributed by atoms with Crippen molar-refractivity contribution < 1.29 is 14.3 Å². The lowest BCUT2D eigenvalue weighted by molar-refractivity contribution is -0.119. The van der Waals surface area contributed by atoms with Gasteiger partial charge in [-0.25, -0.2) is 9.78 Å². The second kappa shape index (κ2) is 7.00. The molecule has 24 heavy (non-hydrogen) atoms. The predicted molar refractivity (Wildman–Crippen MR) is 90.3 cm³/mol. The number of hydrogen-bond donors (Lipinski definition) is 1. The average molecular weight is 351 g/mol. The van der Waals surface area contributed by atoms with Crippen LogP contribution in [0.25, 0.3) is 0 Å². The van der Waals surface area contributed by atoms with Gasteiger partial charge in [0.1, 0.15) is 5.15 Å². The maximum atomic E-state index is 12.1. The molecule has 2 aromatic rings. The van der Waals surface area contributed by atoms with Crippen molar-refractivity contribution in [2.24, 2.45) is 7.05 Å². The zero-order valence-corrected chi connectivity index (χ0v) is 15.0. The molecular formula is C16H19ClN4O3. The molecule has 0 fully saturated rings. The number of anilines is 1. The number of carbonyl (C=O) groups excluding carboxylic acids is 2. The van der Waals surface area contributed by atoms with E-state index in [1.807, 2.05) is 6.92 Å². The van der Waals surface area contributed by atoms with Gasteiger partial charge in [-0.1, -0.05) is 11.6 Å².